The largest absolute Gasteiger partial charge is 0.478 e. The van der Waals surface area contributed by atoms with Crippen LogP contribution in [0, 0.1) is 0 Å². The molecule has 1 aromatic heterocycles. The molecule has 6 nitrogen and oxygen atoms in total. The summed E-state index contributed by atoms with van der Waals surface area (Å²) in [6.07, 6.45) is 0.505. The minimum Gasteiger partial charge on any atom is -0.478 e. The summed E-state index contributed by atoms with van der Waals surface area (Å²) in [5, 5.41) is 12.8. The molecular weight excluding hydrogens is 248 g/mol. The molecule has 0 amide bonds. The van der Waals surface area contributed by atoms with Gasteiger partial charge in [0.25, 0.3) is 5.89 Å². The molecule has 19 heavy (non-hydrogen) atoms. The van der Waals surface area contributed by atoms with Crippen LogP contribution in [-0.2, 0) is 4.74 Å². The smallest absolute Gasteiger partial charge is 0.335 e. The van der Waals surface area contributed by atoms with Crippen LogP contribution in [0.3, 0.4) is 0 Å². The molecule has 6 heteroatoms. The van der Waals surface area contributed by atoms with Crippen LogP contribution in [0.25, 0.3) is 11.5 Å². The zero-order chi connectivity index (χ0) is 13.8. The molecule has 0 saturated heterocycles. The van der Waals surface area contributed by atoms with Crippen LogP contribution >= 0.6 is 0 Å². The Kier molecular flexibility index (Phi) is 3.91. The Morgan fingerprint density at radius 1 is 1.53 bits per heavy atom. The highest BCUT2D eigenvalue weighted by molar-refractivity contribution is 5.88. The number of rotatable bonds is 5. The Labute approximate surface area is 110 Å². The molecular formula is C13H14N2O4. The molecule has 0 aliphatic rings. The molecule has 0 saturated carbocycles. The topological polar surface area (TPSA) is 85.5 Å². The molecule has 0 bridgehead atoms. The Morgan fingerprint density at radius 2 is 2.32 bits per heavy atom. The van der Waals surface area contributed by atoms with Gasteiger partial charge in [0.2, 0.25) is 5.82 Å². The lowest BCUT2D eigenvalue weighted by molar-refractivity contribution is 0.0697. The Balaban J connectivity index is 2.32. The van der Waals surface area contributed by atoms with E-state index >= 15 is 0 Å². The van der Waals surface area contributed by atoms with Crippen molar-refractivity contribution in [3.8, 4) is 11.5 Å². The van der Waals surface area contributed by atoms with E-state index in [0.29, 0.717) is 11.4 Å². The van der Waals surface area contributed by atoms with Gasteiger partial charge in [-0.05, 0) is 24.6 Å². The molecule has 2 aromatic rings. The van der Waals surface area contributed by atoms with Gasteiger partial charge in [-0.25, -0.2) is 4.79 Å². The first-order chi connectivity index (χ1) is 9.15. The lowest BCUT2D eigenvalue weighted by Crippen LogP contribution is -2.01. The fourth-order valence-electron chi connectivity index (χ4n) is 1.72. The van der Waals surface area contributed by atoms with Gasteiger partial charge in [0.05, 0.1) is 5.56 Å². The minimum atomic E-state index is -0.995. The Hall–Kier alpha value is -2.21. The molecule has 2 rings (SSSR count). The zero-order valence-electron chi connectivity index (χ0n) is 10.7. The SMILES string of the molecule is CCC(OC)c1noc(-c2cccc(C(=O)O)c2)n1. The van der Waals surface area contributed by atoms with Gasteiger partial charge < -0.3 is 14.4 Å². The summed E-state index contributed by atoms with van der Waals surface area (Å²) in [7, 11) is 1.58. The maximum Gasteiger partial charge on any atom is 0.335 e. The van der Waals surface area contributed by atoms with Crippen molar-refractivity contribution in [3.05, 3.63) is 35.7 Å². The standard InChI is InChI=1S/C13H14N2O4/c1-3-10(18-2)11-14-12(19-15-11)8-5-4-6-9(7-8)13(16)17/h4-7,10H,3H2,1-2H3,(H,16,17). The molecule has 0 aliphatic heterocycles. The minimum absolute atomic E-state index is 0.177. The zero-order valence-corrected chi connectivity index (χ0v) is 10.7. The van der Waals surface area contributed by atoms with Crippen molar-refractivity contribution in [1.82, 2.24) is 10.1 Å². The third-order valence-electron chi connectivity index (χ3n) is 2.74. The number of carboxylic acids is 1. The number of carbonyl (C=O) groups is 1. The Morgan fingerprint density at radius 3 is 2.95 bits per heavy atom. The first-order valence-electron chi connectivity index (χ1n) is 5.85. The summed E-state index contributed by atoms with van der Waals surface area (Å²) in [5.74, 6) is -0.251. The van der Waals surface area contributed by atoms with Gasteiger partial charge in [-0.2, -0.15) is 4.98 Å². The summed E-state index contributed by atoms with van der Waals surface area (Å²) in [5.41, 5.74) is 0.751. The third kappa shape index (κ3) is 2.79. The quantitative estimate of drug-likeness (QED) is 0.891. The number of benzene rings is 1. The maximum absolute atomic E-state index is 10.9. The third-order valence-corrected chi connectivity index (χ3v) is 2.74. The number of hydrogen-bond acceptors (Lipinski definition) is 5. The molecule has 1 atom stereocenters. The van der Waals surface area contributed by atoms with E-state index in [1.54, 1.807) is 19.2 Å². The second-order valence-corrected chi connectivity index (χ2v) is 3.98. The maximum atomic E-state index is 10.9. The van der Waals surface area contributed by atoms with Crippen LogP contribution in [0.15, 0.2) is 28.8 Å². The van der Waals surface area contributed by atoms with Gasteiger partial charge in [0.1, 0.15) is 6.10 Å². The molecule has 1 unspecified atom stereocenters. The molecule has 0 spiro atoms. The number of ether oxygens (including phenoxy) is 1. The van der Waals surface area contributed by atoms with Crippen molar-refractivity contribution in [2.75, 3.05) is 7.11 Å². The van der Waals surface area contributed by atoms with Crippen molar-refractivity contribution in [2.45, 2.75) is 19.4 Å². The van der Waals surface area contributed by atoms with Crippen LogP contribution in [0.2, 0.25) is 0 Å². The lowest BCUT2D eigenvalue weighted by atomic mass is 10.1. The highest BCUT2D eigenvalue weighted by Gasteiger charge is 2.17. The van der Waals surface area contributed by atoms with Gasteiger partial charge >= 0.3 is 5.97 Å². The molecule has 0 aliphatic carbocycles. The number of hydrogen-bond donors (Lipinski definition) is 1. The summed E-state index contributed by atoms with van der Waals surface area (Å²) in [6.45, 7) is 1.95. The van der Waals surface area contributed by atoms with E-state index < -0.39 is 5.97 Å². The monoisotopic (exact) mass is 262 g/mol. The van der Waals surface area contributed by atoms with Gasteiger partial charge in [0.15, 0.2) is 0 Å². The van der Waals surface area contributed by atoms with E-state index in [4.69, 9.17) is 14.4 Å². The molecule has 0 fully saturated rings. The van der Waals surface area contributed by atoms with E-state index in [0.717, 1.165) is 6.42 Å². The molecule has 1 heterocycles. The van der Waals surface area contributed by atoms with Crippen molar-refractivity contribution >= 4 is 5.97 Å². The van der Waals surface area contributed by atoms with Crippen LogP contribution in [0.5, 0.6) is 0 Å². The van der Waals surface area contributed by atoms with E-state index in [2.05, 4.69) is 10.1 Å². The van der Waals surface area contributed by atoms with Gasteiger partial charge in [0, 0.05) is 12.7 Å². The average Bonchev–Trinajstić information content (AvgIpc) is 2.90. The van der Waals surface area contributed by atoms with Gasteiger partial charge in [-0.3, -0.25) is 0 Å². The number of aromatic nitrogens is 2. The highest BCUT2D eigenvalue weighted by atomic mass is 16.5. The average molecular weight is 262 g/mol. The lowest BCUT2D eigenvalue weighted by Gasteiger charge is -2.06. The van der Waals surface area contributed by atoms with Crippen LogP contribution in [0.4, 0.5) is 0 Å². The van der Waals surface area contributed by atoms with Crippen LogP contribution < -0.4 is 0 Å². The summed E-state index contributed by atoms with van der Waals surface area (Å²) < 4.78 is 10.4. The van der Waals surface area contributed by atoms with E-state index in [9.17, 15) is 4.79 Å². The number of nitrogens with zero attached hydrogens (tertiary/aromatic N) is 2. The van der Waals surface area contributed by atoms with Crippen molar-refractivity contribution < 1.29 is 19.2 Å². The van der Waals surface area contributed by atoms with E-state index in [-0.39, 0.29) is 17.6 Å². The van der Waals surface area contributed by atoms with Crippen molar-refractivity contribution in [3.63, 3.8) is 0 Å². The predicted octanol–water partition coefficient (Wildman–Crippen LogP) is 2.53. The second kappa shape index (κ2) is 5.62. The van der Waals surface area contributed by atoms with E-state index in [1.165, 1.54) is 12.1 Å². The molecule has 1 N–H and O–H groups in total. The van der Waals surface area contributed by atoms with Gasteiger partial charge in [-0.1, -0.05) is 18.1 Å². The summed E-state index contributed by atoms with van der Waals surface area (Å²) in [4.78, 5) is 15.1. The number of methoxy groups -OCH3 is 1. The normalized spacial score (nSPS) is 12.3. The fraction of sp³-hybridized carbons (Fsp3) is 0.308. The van der Waals surface area contributed by atoms with Crippen molar-refractivity contribution in [2.24, 2.45) is 0 Å². The van der Waals surface area contributed by atoms with E-state index in [1.807, 2.05) is 6.92 Å². The number of carboxylic acid groups (broad SMARTS) is 1. The predicted molar refractivity (Wildman–Crippen MR) is 66.7 cm³/mol. The molecule has 1 aromatic carbocycles. The first kappa shape index (κ1) is 13.2. The van der Waals surface area contributed by atoms with Crippen molar-refractivity contribution in [1.29, 1.82) is 0 Å². The first-order valence-corrected chi connectivity index (χ1v) is 5.85. The fourth-order valence-corrected chi connectivity index (χ4v) is 1.72. The summed E-state index contributed by atoms with van der Waals surface area (Å²) >= 11 is 0. The molecule has 100 valence electrons. The van der Waals surface area contributed by atoms with Gasteiger partial charge in [-0.15, -0.1) is 0 Å². The second-order valence-electron chi connectivity index (χ2n) is 3.98. The van der Waals surface area contributed by atoms with Crippen LogP contribution in [-0.4, -0.2) is 28.3 Å². The van der Waals surface area contributed by atoms with Crippen LogP contribution in [0.1, 0.15) is 35.6 Å². The number of aromatic carboxylic acids is 1. The highest BCUT2D eigenvalue weighted by Crippen LogP contribution is 2.23. The summed E-state index contributed by atoms with van der Waals surface area (Å²) in [6, 6.07) is 6.36. The molecule has 0 radical (unpaired) electrons. The Bertz CT molecular complexity index is 576.